The third kappa shape index (κ3) is 4.84. The highest BCUT2D eigenvalue weighted by Crippen LogP contribution is 2.44. The number of para-hydroxylation sites is 1. The van der Waals surface area contributed by atoms with Gasteiger partial charge < -0.3 is 10.4 Å². The fourth-order valence-electron chi connectivity index (χ4n) is 3.70. The van der Waals surface area contributed by atoms with Gasteiger partial charge in [0, 0.05) is 29.2 Å². The molecule has 11 heteroatoms. The summed E-state index contributed by atoms with van der Waals surface area (Å²) in [5.74, 6) is -2.31. The van der Waals surface area contributed by atoms with Crippen molar-refractivity contribution in [3.63, 3.8) is 0 Å². The lowest BCUT2D eigenvalue weighted by molar-refractivity contribution is -0.137. The summed E-state index contributed by atoms with van der Waals surface area (Å²) in [5, 5.41) is 12.0. The highest BCUT2D eigenvalue weighted by atomic mass is 35.5. The van der Waals surface area contributed by atoms with Crippen LogP contribution in [0.4, 0.5) is 11.4 Å². The predicted octanol–water partition coefficient (Wildman–Crippen LogP) is 3.76. The Bertz CT molecular complexity index is 1260. The third-order valence-electron chi connectivity index (χ3n) is 5.18. The van der Waals surface area contributed by atoms with Crippen LogP contribution >= 0.6 is 35.6 Å². The molecule has 2 aromatic carbocycles. The number of amides is 3. The molecule has 0 aliphatic carbocycles. The lowest BCUT2D eigenvalue weighted by Crippen LogP contribution is -2.35. The van der Waals surface area contributed by atoms with Gasteiger partial charge in [-0.05, 0) is 30.7 Å². The quantitative estimate of drug-likeness (QED) is 0.427. The first-order valence-corrected chi connectivity index (χ1v) is 11.8. The number of aliphatic carboxylic acids is 1. The van der Waals surface area contributed by atoms with Crippen molar-refractivity contribution in [2.75, 3.05) is 23.3 Å². The van der Waals surface area contributed by atoms with E-state index in [0.717, 1.165) is 11.8 Å². The number of hydrogen-bond donors (Lipinski definition) is 2. The van der Waals surface area contributed by atoms with Crippen molar-refractivity contribution >= 4 is 80.5 Å². The molecule has 34 heavy (non-hydrogen) atoms. The summed E-state index contributed by atoms with van der Waals surface area (Å²) in [6, 6.07) is 13.6. The molecule has 2 aliphatic rings. The van der Waals surface area contributed by atoms with E-state index in [4.69, 9.17) is 28.9 Å². The molecule has 0 unspecified atom stereocenters. The van der Waals surface area contributed by atoms with E-state index in [2.05, 4.69) is 5.32 Å². The van der Waals surface area contributed by atoms with Crippen molar-refractivity contribution in [2.45, 2.75) is 12.8 Å². The molecule has 0 radical (unpaired) electrons. The van der Waals surface area contributed by atoms with Gasteiger partial charge in [-0.1, -0.05) is 59.8 Å². The van der Waals surface area contributed by atoms with Crippen molar-refractivity contribution < 1.29 is 24.3 Å². The molecule has 2 heterocycles. The number of halogens is 1. The first-order valence-electron chi connectivity index (χ1n) is 10.2. The van der Waals surface area contributed by atoms with E-state index in [9.17, 15) is 19.2 Å². The van der Waals surface area contributed by atoms with Gasteiger partial charge in [0.25, 0.3) is 11.8 Å². The van der Waals surface area contributed by atoms with Crippen LogP contribution in [0.25, 0.3) is 5.57 Å². The number of benzene rings is 2. The number of rotatable bonds is 7. The second kappa shape index (κ2) is 9.96. The fourth-order valence-corrected chi connectivity index (χ4v) is 5.27. The molecule has 0 aromatic heterocycles. The highest BCUT2D eigenvalue weighted by Gasteiger charge is 2.42. The van der Waals surface area contributed by atoms with Gasteiger partial charge in [0.05, 0.1) is 16.2 Å². The Labute approximate surface area is 209 Å². The highest BCUT2D eigenvalue weighted by molar-refractivity contribution is 8.26. The zero-order chi connectivity index (χ0) is 24.4. The maximum absolute atomic E-state index is 13.4. The molecule has 0 atom stereocenters. The number of carboxylic acid groups (broad SMARTS) is 1. The molecule has 1 fully saturated rings. The lowest BCUT2D eigenvalue weighted by atomic mass is 10.1. The van der Waals surface area contributed by atoms with Gasteiger partial charge in [-0.2, -0.15) is 0 Å². The standard InChI is InChI=1S/C23H18ClN3O5S2/c24-13-5-3-6-14(11-13)25-17(28)12-27-16-8-2-1-7-15(16)19(21(27)31)20-22(32)26(23(33)34-20)10-4-9-18(29)30/h1-3,5-8,11H,4,9-10,12H2,(H,25,28)(H,29,30). The van der Waals surface area contributed by atoms with E-state index in [0.29, 0.717) is 22.0 Å². The van der Waals surface area contributed by atoms with Gasteiger partial charge >= 0.3 is 5.97 Å². The van der Waals surface area contributed by atoms with Gasteiger partial charge in [-0.15, -0.1) is 0 Å². The van der Waals surface area contributed by atoms with Crippen LogP contribution in [-0.2, 0) is 19.2 Å². The molecule has 2 N–H and O–H groups in total. The SMILES string of the molecule is O=C(O)CCCN1C(=O)C(=C2C(=O)N(CC(=O)Nc3cccc(Cl)c3)c3ccccc32)SC1=S. The minimum absolute atomic E-state index is 0.0970. The Morgan fingerprint density at radius 3 is 2.56 bits per heavy atom. The molecule has 2 aromatic rings. The van der Waals surface area contributed by atoms with E-state index in [1.54, 1.807) is 48.5 Å². The van der Waals surface area contributed by atoms with E-state index in [1.165, 1.54) is 9.80 Å². The molecule has 4 rings (SSSR count). The van der Waals surface area contributed by atoms with Crippen LogP contribution in [-0.4, -0.2) is 51.1 Å². The number of thioether (sulfide) groups is 1. The molecule has 0 bridgehead atoms. The van der Waals surface area contributed by atoms with E-state index < -0.39 is 23.7 Å². The monoisotopic (exact) mass is 515 g/mol. The van der Waals surface area contributed by atoms with Crippen molar-refractivity contribution in [3.05, 3.63) is 64.0 Å². The van der Waals surface area contributed by atoms with Crippen LogP contribution < -0.4 is 10.2 Å². The zero-order valence-electron chi connectivity index (χ0n) is 17.6. The zero-order valence-corrected chi connectivity index (χ0v) is 20.0. The molecular weight excluding hydrogens is 498 g/mol. The normalized spacial score (nSPS) is 17.4. The minimum Gasteiger partial charge on any atom is -0.481 e. The molecule has 8 nitrogen and oxygen atoms in total. The summed E-state index contributed by atoms with van der Waals surface area (Å²) in [5.41, 5.74) is 1.73. The summed E-state index contributed by atoms with van der Waals surface area (Å²) >= 11 is 12.3. The number of fused-ring (bicyclic) bond motifs is 1. The Balaban J connectivity index is 1.59. The van der Waals surface area contributed by atoms with Crippen LogP contribution in [0.3, 0.4) is 0 Å². The molecule has 2 aliphatic heterocycles. The Hall–Kier alpha value is -3.21. The number of anilines is 2. The second-order valence-electron chi connectivity index (χ2n) is 7.49. The third-order valence-corrected chi connectivity index (χ3v) is 6.87. The van der Waals surface area contributed by atoms with Crippen LogP contribution in [0.5, 0.6) is 0 Å². The number of nitrogens with one attached hydrogen (secondary N) is 1. The van der Waals surface area contributed by atoms with Crippen molar-refractivity contribution in [3.8, 4) is 0 Å². The average Bonchev–Trinajstić information content (AvgIpc) is 3.21. The van der Waals surface area contributed by atoms with E-state index >= 15 is 0 Å². The molecular formula is C23H18ClN3O5S2. The summed E-state index contributed by atoms with van der Waals surface area (Å²) < 4.78 is 0.264. The van der Waals surface area contributed by atoms with Crippen LogP contribution in [0.15, 0.2) is 53.4 Å². The van der Waals surface area contributed by atoms with Gasteiger partial charge in [-0.3, -0.25) is 29.0 Å². The van der Waals surface area contributed by atoms with E-state index in [1.807, 2.05) is 0 Å². The lowest BCUT2D eigenvalue weighted by Gasteiger charge is -2.17. The Morgan fingerprint density at radius 2 is 1.82 bits per heavy atom. The molecule has 0 spiro atoms. The molecule has 3 amide bonds. The summed E-state index contributed by atoms with van der Waals surface area (Å²) in [6.45, 7) is -0.111. The van der Waals surface area contributed by atoms with Gasteiger partial charge in [0.15, 0.2) is 0 Å². The van der Waals surface area contributed by atoms with Crippen molar-refractivity contribution in [2.24, 2.45) is 0 Å². The van der Waals surface area contributed by atoms with Gasteiger partial charge in [-0.25, -0.2) is 0 Å². The van der Waals surface area contributed by atoms with Gasteiger partial charge in [0.2, 0.25) is 5.91 Å². The number of carboxylic acids is 1. The predicted molar refractivity (Wildman–Crippen MR) is 135 cm³/mol. The fraction of sp³-hybridized carbons (Fsp3) is 0.174. The largest absolute Gasteiger partial charge is 0.481 e. The maximum atomic E-state index is 13.4. The van der Waals surface area contributed by atoms with Gasteiger partial charge in [0.1, 0.15) is 10.9 Å². The summed E-state index contributed by atoms with van der Waals surface area (Å²) in [4.78, 5) is 52.8. The second-order valence-corrected chi connectivity index (χ2v) is 9.57. The average molecular weight is 516 g/mol. The Morgan fingerprint density at radius 1 is 1.06 bits per heavy atom. The first-order chi connectivity index (χ1) is 16.3. The van der Waals surface area contributed by atoms with Crippen molar-refractivity contribution in [1.29, 1.82) is 0 Å². The number of thiocarbonyl (C=S) groups is 1. The van der Waals surface area contributed by atoms with Crippen LogP contribution in [0.1, 0.15) is 18.4 Å². The molecule has 1 saturated heterocycles. The topological polar surface area (TPSA) is 107 Å². The number of hydrogen-bond acceptors (Lipinski definition) is 6. The minimum atomic E-state index is -0.963. The molecule has 0 saturated carbocycles. The first kappa shape index (κ1) is 23.9. The van der Waals surface area contributed by atoms with Crippen molar-refractivity contribution in [1.82, 2.24) is 4.90 Å². The summed E-state index contributed by atoms with van der Waals surface area (Å²) in [7, 11) is 0. The van der Waals surface area contributed by atoms with Crippen LogP contribution in [0.2, 0.25) is 5.02 Å². The smallest absolute Gasteiger partial charge is 0.303 e. The number of nitrogens with zero attached hydrogens (tertiary/aromatic N) is 2. The van der Waals surface area contributed by atoms with E-state index in [-0.39, 0.29) is 40.7 Å². The molecule has 174 valence electrons. The number of carbonyl (C=O) groups is 4. The number of carbonyl (C=O) groups excluding carboxylic acids is 3. The summed E-state index contributed by atoms with van der Waals surface area (Å²) in [6.07, 6.45) is 0.144. The van der Waals surface area contributed by atoms with Crippen LogP contribution in [0, 0.1) is 0 Å². The Kier molecular flexibility index (Phi) is 7.01. The maximum Gasteiger partial charge on any atom is 0.303 e.